The Labute approximate surface area is 90.2 Å². The van der Waals surface area contributed by atoms with Crippen LogP contribution in [-0.2, 0) is 9.53 Å². The molecule has 0 aliphatic carbocycles. The summed E-state index contributed by atoms with van der Waals surface area (Å²) in [7, 11) is 1.32. The fourth-order valence-corrected chi connectivity index (χ4v) is 1.30. The van der Waals surface area contributed by atoms with Crippen LogP contribution in [0.15, 0.2) is 27.4 Å². The zero-order valence-corrected chi connectivity index (χ0v) is 8.57. The number of esters is 1. The fourth-order valence-electron chi connectivity index (χ4n) is 1.30. The summed E-state index contributed by atoms with van der Waals surface area (Å²) in [5.74, 6) is -0.865. The van der Waals surface area contributed by atoms with Gasteiger partial charge in [-0.15, -0.1) is 0 Å². The highest BCUT2D eigenvalue weighted by molar-refractivity contribution is 5.79. The molecular formula is C10H10N2O4. The molecule has 0 radical (unpaired) electrons. The quantitative estimate of drug-likeness (QED) is 0.747. The van der Waals surface area contributed by atoms with Crippen LogP contribution in [0.25, 0.3) is 11.1 Å². The van der Waals surface area contributed by atoms with E-state index in [0.717, 1.165) is 0 Å². The summed E-state index contributed by atoms with van der Waals surface area (Å²) in [6, 6.07) is 5.06. The van der Waals surface area contributed by atoms with Crippen LogP contribution >= 0.6 is 0 Å². The number of H-pyrrole nitrogens is 1. The van der Waals surface area contributed by atoms with Crippen molar-refractivity contribution >= 4 is 22.8 Å². The van der Waals surface area contributed by atoms with Gasteiger partial charge in [-0.1, -0.05) is 0 Å². The summed E-state index contributed by atoms with van der Waals surface area (Å²) in [5.41, 5.74) is 1.74. The van der Waals surface area contributed by atoms with Crippen LogP contribution in [0.3, 0.4) is 0 Å². The van der Waals surface area contributed by atoms with Gasteiger partial charge in [0.05, 0.1) is 12.6 Å². The maximum Gasteiger partial charge on any atom is 0.417 e. The number of carbonyl (C=O) groups is 1. The van der Waals surface area contributed by atoms with Crippen LogP contribution in [0.2, 0.25) is 0 Å². The minimum Gasteiger partial charge on any atom is -0.468 e. The normalized spacial score (nSPS) is 10.3. The zero-order chi connectivity index (χ0) is 11.5. The number of nitrogens with one attached hydrogen (secondary N) is 2. The molecular weight excluding hydrogens is 212 g/mol. The van der Waals surface area contributed by atoms with Crippen molar-refractivity contribution in [2.75, 3.05) is 19.0 Å². The van der Waals surface area contributed by atoms with Gasteiger partial charge in [0.1, 0.15) is 6.54 Å². The van der Waals surface area contributed by atoms with E-state index >= 15 is 0 Å². The number of aromatic amines is 1. The summed E-state index contributed by atoms with van der Waals surface area (Å²) in [6.07, 6.45) is 0. The van der Waals surface area contributed by atoms with Crippen molar-refractivity contribution < 1.29 is 13.9 Å². The lowest BCUT2D eigenvalue weighted by atomic mass is 10.3. The number of hydrogen-bond donors (Lipinski definition) is 2. The minimum absolute atomic E-state index is 0.0661. The van der Waals surface area contributed by atoms with Crippen LogP contribution in [0.5, 0.6) is 0 Å². The van der Waals surface area contributed by atoms with Crippen molar-refractivity contribution in [1.82, 2.24) is 4.98 Å². The summed E-state index contributed by atoms with van der Waals surface area (Å²) in [4.78, 5) is 24.3. The molecule has 1 aromatic carbocycles. The molecule has 6 heteroatoms. The number of benzene rings is 1. The lowest BCUT2D eigenvalue weighted by Crippen LogP contribution is -2.14. The van der Waals surface area contributed by atoms with E-state index in [1.54, 1.807) is 18.2 Å². The lowest BCUT2D eigenvalue weighted by Gasteiger charge is -2.03. The first-order valence-corrected chi connectivity index (χ1v) is 4.62. The number of ether oxygens (including phenoxy) is 1. The molecule has 1 aromatic heterocycles. The molecule has 0 bridgehead atoms. The summed E-state index contributed by atoms with van der Waals surface area (Å²) in [5, 5.41) is 2.85. The summed E-state index contributed by atoms with van der Waals surface area (Å²) < 4.78 is 9.36. The Morgan fingerprint density at radius 2 is 2.38 bits per heavy atom. The molecule has 0 unspecified atom stereocenters. The summed E-state index contributed by atoms with van der Waals surface area (Å²) in [6.45, 7) is 0.0661. The SMILES string of the molecule is COC(=O)CNc1ccc2[nH]c(=O)oc2c1. The van der Waals surface area contributed by atoms with Crippen LogP contribution in [0, 0.1) is 0 Å². The molecule has 0 saturated heterocycles. The van der Waals surface area contributed by atoms with E-state index in [2.05, 4.69) is 15.0 Å². The van der Waals surface area contributed by atoms with Gasteiger partial charge in [0.25, 0.3) is 0 Å². The molecule has 0 atom stereocenters. The van der Waals surface area contributed by atoms with Crippen molar-refractivity contribution in [3.8, 4) is 0 Å². The van der Waals surface area contributed by atoms with Crippen molar-refractivity contribution in [2.24, 2.45) is 0 Å². The van der Waals surface area contributed by atoms with E-state index < -0.39 is 5.76 Å². The standard InChI is InChI=1S/C10H10N2O4/c1-15-9(13)5-11-6-2-3-7-8(4-6)16-10(14)12-7/h2-4,11H,5H2,1H3,(H,12,14). The second-order valence-corrected chi connectivity index (χ2v) is 3.16. The molecule has 0 aliphatic rings. The Hall–Kier alpha value is -2.24. The molecule has 2 N–H and O–H groups in total. The molecule has 2 aromatic rings. The predicted octanol–water partition coefficient (Wildman–Crippen LogP) is 0.706. The van der Waals surface area contributed by atoms with E-state index in [1.165, 1.54) is 7.11 Å². The number of hydrogen-bond acceptors (Lipinski definition) is 5. The number of carbonyl (C=O) groups excluding carboxylic acids is 1. The maximum atomic E-state index is 10.9. The lowest BCUT2D eigenvalue weighted by molar-refractivity contribution is -0.138. The van der Waals surface area contributed by atoms with Gasteiger partial charge in [-0.05, 0) is 12.1 Å². The average Bonchev–Trinajstić information content (AvgIpc) is 2.65. The topological polar surface area (TPSA) is 84.3 Å². The molecule has 0 spiro atoms. The Morgan fingerprint density at radius 3 is 3.12 bits per heavy atom. The number of rotatable bonds is 3. The highest BCUT2D eigenvalue weighted by Crippen LogP contribution is 2.15. The zero-order valence-electron chi connectivity index (χ0n) is 8.57. The highest BCUT2D eigenvalue weighted by Gasteiger charge is 2.03. The van der Waals surface area contributed by atoms with E-state index in [0.29, 0.717) is 16.8 Å². The van der Waals surface area contributed by atoms with Crippen LogP contribution < -0.4 is 11.1 Å². The molecule has 84 valence electrons. The van der Waals surface area contributed by atoms with Gasteiger partial charge in [0.2, 0.25) is 0 Å². The van der Waals surface area contributed by atoms with Gasteiger partial charge in [-0.25, -0.2) is 4.79 Å². The molecule has 16 heavy (non-hydrogen) atoms. The largest absolute Gasteiger partial charge is 0.468 e. The minimum atomic E-state index is -0.500. The molecule has 0 amide bonds. The smallest absolute Gasteiger partial charge is 0.417 e. The van der Waals surface area contributed by atoms with Crippen LogP contribution in [-0.4, -0.2) is 24.6 Å². The number of fused-ring (bicyclic) bond motifs is 1. The summed E-state index contributed by atoms with van der Waals surface area (Å²) >= 11 is 0. The van der Waals surface area contributed by atoms with Crippen molar-refractivity contribution in [3.05, 3.63) is 28.7 Å². The Kier molecular flexibility index (Phi) is 2.63. The van der Waals surface area contributed by atoms with E-state index in [1.807, 2.05) is 0 Å². The number of anilines is 1. The first kappa shape index (κ1) is 10.3. The molecule has 1 heterocycles. The third-order valence-corrected chi connectivity index (χ3v) is 2.09. The van der Waals surface area contributed by atoms with E-state index in [4.69, 9.17) is 4.42 Å². The maximum absolute atomic E-state index is 10.9. The van der Waals surface area contributed by atoms with Gasteiger partial charge >= 0.3 is 11.7 Å². The van der Waals surface area contributed by atoms with E-state index in [9.17, 15) is 9.59 Å². The third kappa shape index (κ3) is 2.05. The number of oxazole rings is 1. The average molecular weight is 222 g/mol. The van der Waals surface area contributed by atoms with Crippen LogP contribution in [0.1, 0.15) is 0 Å². The second kappa shape index (κ2) is 4.09. The monoisotopic (exact) mass is 222 g/mol. The number of aromatic nitrogens is 1. The van der Waals surface area contributed by atoms with Gasteiger partial charge in [-0.2, -0.15) is 0 Å². The Morgan fingerprint density at radius 1 is 1.56 bits per heavy atom. The van der Waals surface area contributed by atoms with E-state index in [-0.39, 0.29) is 12.5 Å². The highest BCUT2D eigenvalue weighted by atomic mass is 16.5. The first-order chi connectivity index (χ1) is 7.69. The third-order valence-electron chi connectivity index (χ3n) is 2.09. The Bertz CT molecular complexity index is 569. The Balaban J connectivity index is 2.19. The first-order valence-electron chi connectivity index (χ1n) is 4.62. The molecule has 0 saturated carbocycles. The molecule has 0 fully saturated rings. The molecule has 2 rings (SSSR count). The van der Waals surface area contributed by atoms with Crippen molar-refractivity contribution in [2.45, 2.75) is 0 Å². The second-order valence-electron chi connectivity index (χ2n) is 3.16. The van der Waals surface area contributed by atoms with Crippen LogP contribution in [0.4, 0.5) is 5.69 Å². The van der Waals surface area contributed by atoms with Gasteiger partial charge in [0.15, 0.2) is 5.58 Å². The predicted molar refractivity (Wildman–Crippen MR) is 57.3 cm³/mol. The van der Waals surface area contributed by atoms with Gasteiger partial charge in [0, 0.05) is 11.8 Å². The molecule has 6 nitrogen and oxygen atoms in total. The van der Waals surface area contributed by atoms with Gasteiger partial charge < -0.3 is 14.5 Å². The van der Waals surface area contributed by atoms with Gasteiger partial charge in [-0.3, -0.25) is 9.78 Å². The van der Waals surface area contributed by atoms with Crippen molar-refractivity contribution in [1.29, 1.82) is 0 Å². The fraction of sp³-hybridized carbons (Fsp3) is 0.200. The van der Waals surface area contributed by atoms with Crippen molar-refractivity contribution in [3.63, 3.8) is 0 Å². The molecule has 0 aliphatic heterocycles. The number of methoxy groups -OCH3 is 1.